The van der Waals surface area contributed by atoms with Crippen LogP contribution in [0, 0.1) is 19.7 Å². The molecule has 1 aromatic carbocycles. The van der Waals surface area contributed by atoms with Crippen molar-refractivity contribution in [3.63, 3.8) is 0 Å². The molecule has 0 unspecified atom stereocenters. The molecular formula is C23H23FN8O. The van der Waals surface area contributed by atoms with Crippen molar-refractivity contribution in [2.45, 2.75) is 40.2 Å². The number of benzene rings is 1. The maximum Gasteiger partial charge on any atom is 0.251 e. The van der Waals surface area contributed by atoms with E-state index >= 15 is 4.39 Å². The molecule has 9 nitrogen and oxygen atoms in total. The van der Waals surface area contributed by atoms with E-state index in [1.54, 1.807) is 18.3 Å². The first-order valence-corrected chi connectivity index (χ1v) is 10.5. The van der Waals surface area contributed by atoms with Crippen LogP contribution in [0.25, 0.3) is 16.9 Å². The Kier molecular flexibility index (Phi) is 6.16. The number of aryl methyl sites for hydroxylation is 2. The van der Waals surface area contributed by atoms with E-state index < -0.39 is 11.7 Å². The van der Waals surface area contributed by atoms with Crippen molar-refractivity contribution < 1.29 is 9.18 Å². The molecule has 0 radical (unpaired) electrons. The smallest absolute Gasteiger partial charge is 0.251 e. The zero-order valence-electron chi connectivity index (χ0n) is 18.7. The highest BCUT2D eigenvalue weighted by Gasteiger charge is 2.22. The van der Waals surface area contributed by atoms with Gasteiger partial charge in [0.15, 0.2) is 11.6 Å². The fourth-order valence-electron chi connectivity index (χ4n) is 3.23. The van der Waals surface area contributed by atoms with Crippen molar-refractivity contribution in [2.75, 3.05) is 0 Å². The quantitative estimate of drug-likeness (QED) is 0.484. The van der Waals surface area contributed by atoms with E-state index in [1.807, 2.05) is 39.8 Å². The van der Waals surface area contributed by atoms with Crippen LogP contribution >= 0.6 is 0 Å². The molecule has 3 heterocycles. The van der Waals surface area contributed by atoms with E-state index in [9.17, 15) is 4.79 Å². The van der Waals surface area contributed by atoms with Crippen LogP contribution in [0.1, 0.15) is 52.9 Å². The van der Waals surface area contributed by atoms with Crippen molar-refractivity contribution >= 4 is 5.91 Å². The summed E-state index contributed by atoms with van der Waals surface area (Å²) in [7, 11) is 0. The fourth-order valence-corrected chi connectivity index (χ4v) is 3.23. The average Bonchev–Trinajstić information content (AvgIpc) is 3.29. The SMILES string of the molecule is Cc1ccc(-c2cc(C(=O)NCc3ccc(C)nn3)cc(-n3nnnc3C(C)C)c2F)nc1. The van der Waals surface area contributed by atoms with Gasteiger partial charge in [-0.2, -0.15) is 14.9 Å². The summed E-state index contributed by atoms with van der Waals surface area (Å²) in [6.07, 6.45) is 1.65. The van der Waals surface area contributed by atoms with Crippen LogP contribution in [0.15, 0.2) is 42.6 Å². The minimum absolute atomic E-state index is 0.0575. The molecule has 4 aromatic rings. The normalized spacial score (nSPS) is 11.1. The molecule has 0 aliphatic heterocycles. The summed E-state index contributed by atoms with van der Waals surface area (Å²) in [6.45, 7) is 7.72. The number of halogens is 1. The molecule has 0 atom stereocenters. The molecule has 1 amide bonds. The summed E-state index contributed by atoms with van der Waals surface area (Å²) in [5.41, 5.74) is 3.23. The van der Waals surface area contributed by atoms with Gasteiger partial charge >= 0.3 is 0 Å². The summed E-state index contributed by atoms with van der Waals surface area (Å²) in [5.74, 6) is -0.546. The number of nitrogens with zero attached hydrogens (tertiary/aromatic N) is 7. The molecule has 33 heavy (non-hydrogen) atoms. The van der Waals surface area contributed by atoms with Crippen LogP contribution in [0.4, 0.5) is 4.39 Å². The fraction of sp³-hybridized carbons (Fsp3) is 0.261. The second-order valence-electron chi connectivity index (χ2n) is 8.03. The third-order valence-corrected chi connectivity index (χ3v) is 5.02. The topological polar surface area (TPSA) is 111 Å². The van der Waals surface area contributed by atoms with Crippen LogP contribution in [-0.4, -0.2) is 41.3 Å². The number of pyridine rings is 1. The highest BCUT2D eigenvalue weighted by atomic mass is 19.1. The van der Waals surface area contributed by atoms with Crippen molar-refractivity contribution in [3.05, 3.63) is 76.8 Å². The molecule has 0 bridgehead atoms. The Morgan fingerprint density at radius 2 is 1.91 bits per heavy atom. The Balaban J connectivity index is 1.76. The molecule has 1 N–H and O–H groups in total. The molecule has 3 aromatic heterocycles. The van der Waals surface area contributed by atoms with E-state index in [0.717, 1.165) is 11.3 Å². The van der Waals surface area contributed by atoms with Gasteiger partial charge < -0.3 is 5.32 Å². The molecule has 0 aliphatic rings. The summed E-state index contributed by atoms with van der Waals surface area (Å²) in [5, 5.41) is 22.5. The van der Waals surface area contributed by atoms with Crippen LogP contribution < -0.4 is 5.32 Å². The van der Waals surface area contributed by atoms with Crippen molar-refractivity contribution in [1.29, 1.82) is 0 Å². The zero-order chi connectivity index (χ0) is 23.5. The number of hydrogen-bond acceptors (Lipinski definition) is 7. The third kappa shape index (κ3) is 4.74. The summed E-state index contributed by atoms with van der Waals surface area (Å²) in [4.78, 5) is 17.4. The second kappa shape index (κ2) is 9.19. The van der Waals surface area contributed by atoms with E-state index in [4.69, 9.17) is 0 Å². The Morgan fingerprint density at radius 3 is 2.58 bits per heavy atom. The van der Waals surface area contributed by atoms with Crippen LogP contribution in [0.2, 0.25) is 0 Å². The minimum atomic E-state index is -0.568. The third-order valence-electron chi connectivity index (χ3n) is 5.02. The van der Waals surface area contributed by atoms with E-state index in [-0.39, 0.29) is 29.3 Å². The molecule has 0 saturated carbocycles. The van der Waals surface area contributed by atoms with Crippen LogP contribution in [0.3, 0.4) is 0 Å². The Morgan fingerprint density at radius 1 is 1.09 bits per heavy atom. The van der Waals surface area contributed by atoms with Crippen molar-refractivity contribution in [2.24, 2.45) is 0 Å². The number of amides is 1. The number of rotatable bonds is 6. The molecule has 0 aliphatic carbocycles. The van der Waals surface area contributed by atoms with Gasteiger partial charge in [0.1, 0.15) is 5.69 Å². The predicted molar refractivity (Wildman–Crippen MR) is 119 cm³/mol. The predicted octanol–water partition coefficient (Wildman–Crippen LogP) is 3.32. The molecular weight excluding hydrogens is 423 g/mol. The molecule has 0 spiro atoms. The molecule has 0 saturated heterocycles. The molecule has 4 rings (SSSR count). The molecule has 0 fully saturated rings. The number of hydrogen-bond donors (Lipinski definition) is 1. The lowest BCUT2D eigenvalue weighted by atomic mass is 10.0. The maximum atomic E-state index is 15.7. The summed E-state index contributed by atoms with van der Waals surface area (Å²) in [6, 6.07) is 10.1. The lowest BCUT2D eigenvalue weighted by molar-refractivity contribution is 0.0950. The summed E-state index contributed by atoms with van der Waals surface area (Å²) < 4.78 is 17.0. The van der Waals surface area contributed by atoms with E-state index in [1.165, 1.54) is 16.8 Å². The van der Waals surface area contributed by atoms with Gasteiger partial charge in [0.25, 0.3) is 5.91 Å². The first kappa shape index (κ1) is 22.1. The van der Waals surface area contributed by atoms with Crippen LogP contribution in [0.5, 0.6) is 0 Å². The first-order chi connectivity index (χ1) is 15.8. The summed E-state index contributed by atoms with van der Waals surface area (Å²) >= 11 is 0. The average molecular weight is 446 g/mol. The van der Waals surface area contributed by atoms with E-state index in [2.05, 4.69) is 36.0 Å². The highest BCUT2D eigenvalue weighted by molar-refractivity contribution is 5.96. The number of nitrogens with one attached hydrogen (secondary N) is 1. The number of tetrazole rings is 1. The Bertz CT molecular complexity index is 1280. The van der Waals surface area contributed by atoms with Gasteiger partial charge in [-0.15, -0.1) is 5.10 Å². The van der Waals surface area contributed by atoms with Crippen molar-refractivity contribution in [3.8, 4) is 16.9 Å². The largest absolute Gasteiger partial charge is 0.346 e. The minimum Gasteiger partial charge on any atom is -0.346 e. The number of carbonyl (C=O) groups excluding carboxylic acids is 1. The van der Waals surface area contributed by atoms with Gasteiger partial charge in [-0.05, 0) is 60.2 Å². The maximum absolute atomic E-state index is 15.7. The van der Waals surface area contributed by atoms with Gasteiger partial charge in [0, 0.05) is 23.2 Å². The number of aromatic nitrogens is 7. The van der Waals surface area contributed by atoms with Crippen LogP contribution in [-0.2, 0) is 6.54 Å². The highest BCUT2D eigenvalue weighted by Crippen LogP contribution is 2.29. The second-order valence-corrected chi connectivity index (χ2v) is 8.03. The lowest BCUT2D eigenvalue weighted by Gasteiger charge is -2.14. The van der Waals surface area contributed by atoms with E-state index in [0.29, 0.717) is 17.2 Å². The Hall–Kier alpha value is -4.08. The monoisotopic (exact) mass is 446 g/mol. The lowest BCUT2D eigenvalue weighted by Crippen LogP contribution is -2.24. The van der Waals surface area contributed by atoms with Gasteiger partial charge in [0.05, 0.1) is 23.6 Å². The van der Waals surface area contributed by atoms with Gasteiger partial charge in [-0.25, -0.2) is 4.39 Å². The first-order valence-electron chi connectivity index (χ1n) is 10.5. The Labute approximate surface area is 190 Å². The zero-order valence-corrected chi connectivity index (χ0v) is 18.7. The standard InChI is InChI=1S/C23H23FN8O/c1-13(2)22-29-30-31-32(22)20-10-16(23(33)26-12-17-7-6-15(4)27-28-17)9-18(21(20)24)19-8-5-14(3)11-25-19/h5-11,13H,12H2,1-4H3,(H,26,33). The molecule has 10 heteroatoms. The number of carbonyl (C=O) groups is 1. The van der Waals surface area contributed by atoms with Gasteiger partial charge in [0.2, 0.25) is 0 Å². The molecule has 168 valence electrons. The van der Waals surface area contributed by atoms with Gasteiger partial charge in [-0.1, -0.05) is 19.9 Å². The van der Waals surface area contributed by atoms with Crippen molar-refractivity contribution in [1.82, 2.24) is 40.7 Å². The van der Waals surface area contributed by atoms with Gasteiger partial charge in [-0.3, -0.25) is 9.78 Å².